The third-order valence-corrected chi connectivity index (χ3v) is 4.05. The minimum atomic E-state index is -0.719. The average molecular weight is 254 g/mol. The Bertz CT molecular complexity index is 305. The molecule has 1 unspecified atom stereocenters. The monoisotopic (exact) mass is 254 g/mol. The van der Waals surface area contributed by atoms with E-state index in [4.69, 9.17) is 5.11 Å². The van der Waals surface area contributed by atoms with E-state index >= 15 is 0 Å². The first-order valence-corrected chi connectivity index (χ1v) is 6.91. The van der Waals surface area contributed by atoms with E-state index in [1.807, 2.05) is 4.90 Å². The first kappa shape index (κ1) is 13.3. The van der Waals surface area contributed by atoms with Crippen molar-refractivity contribution >= 4 is 11.9 Å². The molecular formula is C13H22N2O3. The third kappa shape index (κ3) is 3.45. The van der Waals surface area contributed by atoms with E-state index in [0.29, 0.717) is 5.92 Å². The van der Waals surface area contributed by atoms with Gasteiger partial charge in [-0.05, 0) is 44.6 Å². The number of amides is 1. The molecule has 102 valence electrons. The van der Waals surface area contributed by atoms with Gasteiger partial charge in [-0.3, -0.25) is 9.59 Å². The molecule has 0 radical (unpaired) electrons. The van der Waals surface area contributed by atoms with Crippen molar-refractivity contribution in [1.29, 1.82) is 0 Å². The second-order valence-corrected chi connectivity index (χ2v) is 5.35. The first-order chi connectivity index (χ1) is 8.66. The maximum absolute atomic E-state index is 12.1. The summed E-state index contributed by atoms with van der Waals surface area (Å²) in [6.07, 6.45) is 4.95. The van der Waals surface area contributed by atoms with E-state index in [-0.39, 0.29) is 18.4 Å². The Kier molecular flexibility index (Phi) is 4.58. The molecule has 1 amide bonds. The van der Waals surface area contributed by atoms with Crippen LogP contribution < -0.4 is 5.32 Å². The highest BCUT2D eigenvalue weighted by Gasteiger charge is 2.29. The van der Waals surface area contributed by atoms with Crippen molar-refractivity contribution in [2.75, 3.05) is 19.6 Å². The van der Waals surface area contributed by atoms with Crippen molar-refractivity contribution in [2.45, 2.75) is 44.6 Å². The Morgan fingerprint density at radius 3 is 2.50 bits per heavy atom. The van der Waals surface area contributed by atoms with E-state index < -0.39 is 5.97 Å². The van der Waals surface area contributed by atoms with Gasteiger partial charge < -0.3 is 15.3 Å². The van der Waals surface area contributed by atoms with Crippen LogP contribution in [0, 0.1) is 5.92 Å². The minimum absolute atomic E-state index is 0.0283. The first-order valence-electron chi connectivity index (χ1n) is 6.91. The lowest BCUT2D eigenvalue weighted by Crippen LogP contribution is -2.47. The summed E-state index contributed by atoms with van der Waals surface area (Å²) in [5.74, 6) is -0.00506. The smallest absolute Gasteiger partial charge is 0.303 e. The van der Waals surface area contributed by atoms with E-state index in [2.05, 4.69) is 5.32 Å². The predicted molar refractivity (Wildman–Crippen MR) is 67.2 cm³/mol. The second-order valence-electron chi connectivity index (χ2n) is 5.35. The lowest BCUT2D eigenvalue weighted by Gasteiger charge is -2.33. The number of carboxylic acid groups (broad SMARTS) is 1. The highest BCUT2D eigenvalue weighted by atomic mass is 16.4. The summed E-state index contributed by atoms with van der Waals surface area (Å²) >= 11 is 0. The predicted octanol–water partition coefficient (Wildman–Crippen LogP) is 0.842. The summed E-state index contributed by atoms with van der Waals surface area (Å²) < 4.78 is 0. The zero-order valence-electron chi connectivity index (χ0n) is 10.7. The summed E-state index contributed by atoms with van der Waals surface area (Å²) in [5.41, 5.74) is 0. The molecule has 2 heterocycles. The van der Waals surface area contributed by atoms with E-state index in [9.17, 15) is 9.59 Å². The minimum Gasteiger partial charge on any atom is -0.481 e. The maximum atomic E-state index is 12.1. The van der Waals surface area contributed by atoms with Gasteiger partial charge in [0.1, 0.15) is 0 Å². The fraction of sp³-hybridized carbons (Fsp3) is 0.846. The van der Waals surface area contributed by atoms with E-state index in [1.165, 1.54) is 0 Å². The number of nitrogens with zero attached hydrogens (tertiary/aromatic N) is 1. The quantitative estimate of drug-likeness (QED) is 0.780. The molecule has 2 aliphatic rings. The van der Waals surface area contributed by atoms with Crippen LogP contribution in [0.15, 0.2) is 0 Å². The summed E-state index contributed by atoms with van der Waals surface area (Å²) in [5, 5.41) is 11.9. The van der Waals surface area contributed by atoms with Gasteiger partial charge in [0.25, 0.3) is 0 Å². The van der Waals surface area contributed by atoms with Gasteiger partial charge in [0.05, 0.1) is 6.04 Å². The molecule has 0 aliphatic carbocycles. The molecule has 2 saturated heterocycles. The number of carbonyl (C=O) groups excluding carboxylic acids is 1. The topological polar surface area (TPSA) is 69.6 Å². The molecule has 18 heavy (non-hydrogen) atoms. The number of rotatable bonds is 4. The van der Waals surface area contributed by atoms with E-state index in [1.54, 1.807) is 0 Å². The molecular weight excluding hydrogens is 232 g/mol. The van der Waals surface area contributed by atoms with Gasteiger partial charge >= 0.3 is 5.97 Å². The van der Waals surface area contributed by atoms with Crippen LogP contribution in [0.5, 0.6) is 0 Å². The summed E-state index contributed by atoms with van der Waals surface area (Å²) in [7, 11) is 0. The number of hydrogen-bond donors (Lipinski definition) is 2. The van der Waals surface area contributed by atoms with Crippen LogP contribution in [0.3, 0.4) is 0 Å². The van der Waals surface area contributed by atoms with Crippen molar-refractivity contribution < 1.29 is 14.7 Å². The van der Waals surface area contributed by atoms with Crippen LogP contribution in [0.25, 0.3) is 0 Å². The van der Waals surface area contributed by atoms with Crippen LogP contribution in [0.4, 0.5) is 0 Å². The number of hydrogen-bond acceptors (Lipinski definition) is 3. The fourth-order valence-corrected chi connectivity index (χ4v) is 2.89. The van der Waals surface area contributed by atoms with Gasteiger partial charge in [0.2, 0.25) is 5.91 Å². The standard InChI is InChI=1S/C13H22N2O3/c16-12(17)4-3-10-5-8-15(9-6-10)13(18)11-2-1-7-14-11/h10-11,14H,1-9H2,(H,16,17). The SMILES string of the molecule is O=C(O)CCC1CCN(C(=O)C2CCCN2)CC1. The normalized spacial score (nSPS) is 25.3. The highest BCUT2D eigenvalue weighted by molar-refractivity contribution is 5.82. The molecule has 0 aromatic heterocycles. The van der Waals surface area contributed by atoms with Crippen molar-refractivity contribution in [3.8, 4) is 0 Å². The number of carboxylic acids is 1. The van der Waals surface area contributed by atoms with Gasteiger partial charge in [-0.25, -0.2) is 0 Å². The van der Waals surface area contributed by atoms with Crippen molar-refractivity contribution in [2.24, 2.45) is 5.92 Å². The Balaban J connectivity index is 1.72. The van der Waals surface area contributed by atoms with Crippen molar-refractivity contribution in [3.63, 3.8) is 0 Å². The van der Waals surface area contributed by atoms with Crippen molar-refractivity contribution in [3.05, 3.63) is 0 Å². The van der Waals surface area contributed by atoms with Crippen molar-refractivity contribution in [1.82, 2.24) is 10.2 Å². The summed E-state index contributed by atoms with van der Waals surface area (Å²) in [6, 6.07) is 0.0283. The Morgan fingerprint density at radius 2 is 1.94 bits per heavy atom. The van der Waals surface area contributed by atoms with Crippen LogP contribution in [-0.4, -0.2) is 47.6 Å². The van der Waals surface area contributed by atoms with Gasteiger partial charge in [-0.15, -0.1) is 0 Å². The van der Waals surface area contributed by atoms with Crippen LogP contribution in [0.1, 0.15) is 38.5 Å². The number of piperidine rings is 1. The molecule has 5 heteroatoms. The average Bonchev–Trinajstić information content (AvgIpc) is 2.90. The maximum Gasteiger partial charge on any atom is 0.303 e. The Hall–Kier alpha value is -1.10. The Labute approximate surface area is 108 Å². The molecule has 2 N–H and O–H groups in total. The molecule has 0 aromatic rings. The number of carbonyl (C=O) groups is 2. The third-order valence-electron chi connectivity index (χ3n) is 4.05. The molecule has 5 nitrogen and oxygen atoms in total. The van der Waals surface area contributed by atoms with Gasteiger partial charge in [0, 0.05) is 19.5 Å². The zero-order valence-corrected chi connectivity index (χ0v) is 10.7. The lowest BCUT2D eigenvalue weighted by molar-refractivity contribution is -0.138. The number of aliphatic carboxylic acids is 1. The summed E-state index contributed by atoms with van der Waals surface area (Å²) in [6.45, 7) is 2.54. The Morgan fingerprint density at radius 1 is 1.22 bits per heavy atom. The lowest BCUT2D eigenvalue weighted by atomic mass is 9.92. The molecule has 2 rings (SSSR count). The van der Waals surface area contributed by atoms with Crippen LogP contribution in [-0.2, 0) is 9.59 Å². The largest absolute Gasteiger partial charge is 0.481 e. The second kappa shape index (κ2) is 6.18. The molecule has 1 atom stereocenters. The highest BCUT2D eigenvalue weighted by Crippen LogP contribution is 2.23. The summed E-state index contributed by atoms with van der Waals surface area (Å²) in [4.78, 5) is 24.6. The number of nitrogens with one attached hydrogen (secondary N) is 1. The molecule has 2 fully saturated rings. The molecule has 0 aromatic carbocycles. The molecule has 2 aliphatic heterocycles. The van der Waals surface area contributed by atoms with Gasteiger partial charge in [0.15, 0.2) is 0 Å². The zero-order chi connectivity index (χ0) is 13.0. The molecule has 0 spiro atoms. The van der Waals surface area contributed by atoms with Gasteiger partial charge in [-0.1, -0.05) is 0 Å². The molecule has 0 saturated carbocycles. The van der Waals surface area contributed by atoms with Crippen LogP contribution in [0.2, 0.25) is 0 Å². The van der Waals surface area contributed by atoms with Crippen LogP contribution >= 0.6 is 0 Å². The fourth-order valence-electron chi connectivity index (χ4n) is 2.89. The van der Waals surface area contributed by atoms with Gasteiger partial charge in [-0.2, -0.15) is 0 Å². The number of likely N-dealkylation sites (tertiary alicyclic amines) is 1. The van der Waals surface area contributed by atoms with E-state index in [0.717, 1.165) is 51.7 Å². The molecule has 0 bridgehead atoms.